The number of ether oxygens (including phenoxy) is 2. The lowest BCUT2D eigenvalue weighted by atomic mass is 9.99. The molecule has 0 atom stereocenters. The molecule has 1 N–H and O–H groups in total. The SMILES string of the molecule is COc1ccc(-c2cc(-c3ccccc3)nc(SCCC(=O)Nc3ccccc3OC)c2C#N)cc1. The summed E-state index contributed by atoms with van der Waals surface area (Å²) in [7, 11) is 3.19. The molecule has 1 aromatic heterocycles. The van der Waals surface area contributed by atoms with Crippen molar-refractivity contribution in [3.05, 3.63) is 90.5 Å². The number of aromatic nitrogens is 1. The quantitative estimate of drug-likeness (QED) is 0.270. The first kappa shape index (κ1) is 24.8. The number of nitrogens with one attached hydrogen (secondary N) is 1. The van der Waals surface area contributed by atoms with Crippen molar-refractivity contribution in [2.24, 2.45) is 0 Å². The minimum atomic E-state index is -0.139. The Hall–Kier alpha value is -4.28. The van der Waals surface area contributed by atoms with E-state index >= 15 is 0 Å². The molecule has 6 nitrogen and oxygen atoms in total. The lowest BCUT2D eigenvalue weighted by molar-refractivity contribution is -0.115. The molecule has 36 heavy (non-hydrogen) atoms. The van der Waals surface area contributed by atoms with E-state index in [9.17, 15) is 10.1 Å². The van der Waals surface area contributed by atoms with E-state index in [0.29, 0.717) is 27.8 Å². The summed E-state index contributed by atoms with van der Waals surface area (Å²) in [6, 6.07) is 29.0. The van der Waals surface area contributed by atoms with Crippen LogP contribution in [0.1, 0.15) is 12.0 Å². The number of anilines is 1. The Balaban J connectivity index is 1.60. The first-order valence-electron chi connectivity index (χ1n) is 11.3. The van der Waals surface area contributed by atoms with Gasteiger partial charge in [-0.25, -0.2) is 4.98 Å². The second-order valence-corrected chi connectivity index (χ2v) is 8.87. The van der Waals surface area contributed by atoms with Crippen molar-refractivity contribution >= 4 is 23.4 Å². The van der Waals surface area contributed by atoms with E-state index in [-0.39, 0.29) is 12.3 Å². The van der Waals surface area contributed by atoms with Gasteiger partial charge < -0.3 is 14.8 Å². The number of hydrogen-bond donors (Lipinski definition) is 1. The topological polar surface area (TPSA) is 84.2 Å². The molecular weight excluding hydrogens is 470 g/mol. The van der Waals surface area contributed by atoms with Crippen LogP contribution in [0.2, 0.25) is 0 Å². The number of nitriles is 1. The van der Waals surface area contributed by atoms with Gasteiger partial charge in [0.2, 0.25) is 5.91 Å². The molecule has 0 aliphatic heterocycles. The highest BCUT2D eigenvalue weighted by Crippen LogP contribution is 2.35. The molecule has 0 fully saturated rings. The molecule has 0 bridgehead atoms. The molecule has 3 aromatic carbocycles. The molecule has 0 spiro atoms. The smallest absolute Gasteiger partial charge is 0.225 e. The Morgan fingerprint density at radius 1 is 0.944 bits per heavy atom. The number of nitrogens with zero attached hydrogens (tertiary/aromatic N) is 2. The van der Waals surface area contributed by atoms with Gasteiger partial charge in [-0.05, 0) is 35.9 Å². The van der Waals surface area contributed by atoms with Gasteiger partial charge in [-0.15, -0.1) is 11.8 Å². The van der Waals surface area contributed by atoms with Crippen LogP contribution in [0.25, 0.3) is 22.4 Å². The van der Waals surface area contributed by atoms with E-state index in [4.69, 9.17) is 14.5 Å². The maximum absolute atomic E-state index is 12.6. The summed E-state index contributed by atoms with van der Waals surface area (Å²) in [5, 5.41) is 13.5. The van der Waals surface area contributed by atoms with Gasteiger partial charge >= 0.3 is 0 Å². The molecule has 0 saturated carbocycles. The zero-order chi connectivity index (χ0) is 25.3. The van der Waals surface area contributed by atoms with Crippen LogP contribution >= 0.6 is 11.8 Å². The zero-order valence-corrected chi connectivity index (χ0v) is 20.8. The van der Waals surface area contributed by atoms with Crippen molar-refractivity contribution in [2.45, 2.75) is 11.4 Å². The molecule has 0 unspecified atom stereocenters. The first-order valence-corrected chi connectivity index (χ1v) is 12.3. The molecule has 4 rings (SSSR count). The van der Waals surface area contributed by atoms with Crippen molar-refractivity contribution < 1.29 is 14.3 Å². The number of hydrogen-bond acceptors (Lipinski definition) is 6. The maximum atomic E-state index is 12.6. The standard InChI is InChI=1S/C29H25N3O3S/c1-34-22-14-12-20(13-15-22)23-18-26(21-8-4-3-5-9-21)32-29(24(23)19-30)36-17-16-28(33)31-25-10-6-7-11-27(25)35-2/h3-15,18H,16-17H2,1-2H3,(H,31,33). The predicted octanol–water partition coefficient (Wildman–Crippen LogP) is 6.43. The van der Waals surface area contributed by atoms with Crippen LogP contribution in [0, 0.1) is 11.3 Å². The van der Waals surface area contributed by atoms with Crippen LogP contribution in [-0.4, -0.2) is 30.9 Å². The second kappa shape index (κ2) is 11.9. The highest BCUT2D eigenvalue weighted by atomic mass is 32.2. The van der Waals surface area contributed by atoms with Crippen molar-refractivity contribution in [3.63, 3.8) is 0 Å². The van der Waals surface area contributed by atoms with Crippen LogP contribution < -0.4 is 14.8 Å². The van der Waals surface area contributed by atoms with Gasteiger partial charge in [0.1, 0.15) is 22.6 Å². The summed E-state index contributed by atoms with van der Waals surface area (Å²) < 4.78 is 10.6. The molecule has 0 aliphatic rings. The fourth-order valence-corrected chi connectivity index (χ4v) is 4.63. The summed E-state index contributed by atoms with van der Waals surface area (Å²) in [4.78, 5) is 17.4. The average Bonchev–Trinajstić information content (AvgIpc) is 2.93. The third-order valence-electron chi connectivity index (χ3n) is 5.52. The van der Waals surface area contributed by atoms with Gasteiger partial charge in [0.05, 0.1) is 31.2 Å². The molecule has 180 valence electrons. The largest absolute Gasteiger partial charge is 0.497 e. The molecule has 7 heteroatoms. The van der Waals surface area contributed by atoms with Crippen LogP contribution in [0.3, 0.4) is 0 Å². The van der Waals surface area contributed by atoms with Crippen LogP contribution in [0.15, 0.2) is 90.0 Å². The third kappa shape index (κ3) is 5.85. The second-order valence-electron chi connectivity index (χ2n) is 7.79. The molecular formula is C29H25N3O3S. The summed E-state index contributed by atoms with van der Waals surface area (Å²) in [5.41, 5.74) is 4.50. The minimum Gasteiger partial charge on any atom is -0.497 e. The Bertz CT molecular complexity index is 1380. The fraction of sp³-hybridized carbons (Fsp3) is 0.138. The van der Waals surface area contributed by atoms with E-state index in [1.807, 2.05) is 72.8 Å². The van der Waals surface area contributed by atoms with Crippen molar-refractivity contribution in [3.8, 4) is 40.0 Å². The third-order valence-corrected chi connectivity index (χ3v) is 6.49. The van der Waals surface area contributed by atoms with Crippen LogP contribution in [-0.2, 0) is 4.79 Å². The Kier molecular flexibility index (Phi) is 8.22. The number of carbonyl (C=O) groups excluding carboxylic acids is 1. The number of carbonyl (C=O) groups is 1. The fourth-order valence-electron chi connectivity index (χ4n) is 3.69. The van der Waals surface area contributed by atoms with Crippen molar-refractivity contribution in [1.29, 1.82) is 5.26 Å². The highest BCUT2D eigenvalue weighted by molar-refractivity contribution is 7.99. The van der Waals surface area contributed by atoms with Gasteiger partial charge in [0.25, 0.3) is 0 Å². The number of amides is 1. The monoisotopic (exact) mass is 495 g/mol. The van der Waals surface area contributed by atoms with E-state index < -0.39 is 0 Å². The average molecular weight is 496 g/mol. The number of rotatable bonds is 9. The lowest BCUT2D eigenvalue weighted by Crippen LogP contribution is -2.13. The summed E-state index contributed by atoms with van der Waals surface area (Å²) in [6.45, 7) is 0. The van der Waals surface area contributed by atoms with Crippen molar-refractivity contribution in [2.75, 3.05) is 25.3 Å². The van der Waals surface area contributed by atoms with E-state index in [2.05, 4.69) is 11.4 Å². The zero-order valence-electron chi connectivity index (χ0n) is 20.0. The molecule has 1 amide bonds. The normalized spacial score (nSPS) is 10.4. The molecule has 4 aromatic rings. The van der Waals surface area contributed by atoms with Gasteiger partial charge in [0.15, 0.2) is 0 Å². The lowest BCUT2D eigenvalue weighted by Gasteiger charge is -2.13. The predicted molar refractivity (Wildman–Crippen MR) is 143 cm³/mol. The molecule has 0 aliphatic carbocycles. The Labute approximate surface area is 214 Å². The van der Waals surface area contributed by atoms with E-state index in [1.165, 1.54) is 11.8 Å². The van der Waals surface area contributed by atoms with Crippen LogP contribution in [0.4, 0.5) is 5.69 Å². The summed E-state index contributed by atoms with van der Waals surface area (Å²) in [6.07, 6.45) is 0.253. The summed E-state index contributed by atoms with van der Waals surface area (Å²) in [5.74, 6) is 1.67. The number of pyridine rings is 1. The van der Waals surface area contributed by atoms with Gasteiger partial charge in [0, 0.05) is 23.3 Å². The summed E-state index contributed by atoms with van der Waals surface area (Å²) >= 11 is 1.40. The van der Waals surface area contributed by atoms with Gasteiger partial charge in [-0.3, -0.25) is 4.79 Å². The van der Waals surface area contributed by atoms with E-state index in [0.717, 1.165) is 28.1 Å². The number of thioether (sulfide) groups is 1. The Morgan fingerprint density at radius 3 is 2.36 bits per heavy atom. The van der Waals surface area contributed by atoms with Gasteiger partial charge in [-0.2, -0.15) is 5.26 Å². The number of benzene rings is 3. The van der Waals surface area contributed by atoms with Gasteiger partial charge in [-0.1, -0.05) is 54.6 Å². The molecule has 1 heterocycles. The molecule has 0 saturated heterocycles. The number of para-hydroxylation sites is 2. The Morgan fingerprint density at radius 2 is 1.67 bits per heavy atom. The maximum Gasteiger partial charge on any atom is 0.225 e. The molecule has 0 radical (unpaired) electrons. The van der Waals surface area contributed by atoms with E-state index in [1.54, 1.807) is 26.4 Å². The minimum absolute atomic E-state index is 0.139. The first-order chi connectivity index (χ1) is 17.6. The number of methoxy groups -OCH3 is 2. The van der Waals surface area contributed by atoms with Crippen LogP contribution in [0.5, 0.6) is 11.5 Å². The highest BCUT2D eigenvalue weighted by Gasteiger charge is 2.17. The van der Waals surface area contributed by atoms with Crippen molar-refractivity contribution in [1.82, 2.24) is 4.98 Å².